The van der Waals surface area contributed by atoms with Crippen LogP contribution in [0.3, 0.4) is 0 Å². The summed E-state index contributed by atoms with van der Waals surface area (Å²) in [5.74, 6) is 0.0165. The second-order valence-electron chi connectivity index (χ2n) is 7.65. The molecule has 1 aliphatic heterocycles. The fourth-order valence-electron chi connectivity index (χ4n) is 2.82. The van der Waals surface area contributed by atoms with E-state index in [9.17, 15) is 9.59 Å². The van der Waals surface area contributed by atoms with Gasteiger partial charge in [0.05, 0.1) is 5.54 Å². The Balaban J connectivity index is 3.14. The minimum absolute atomic E-state index is 0.187. The lowest BCUT2D eigenvalue weighted by Crippen LogP contribution is -2.67. The summed E-state index contributed by atoms with van der Waals surface area (Å²) in [6.45, 7) is 15.1. The van der Waals surface area contributed by atoms with Crippen LogP contribution in [0, 0.1) is 5.92 Å². The third-order valence-electron chi connectivity index (χ3n) is 3.91. The maximum atomic E-state index is 12.5. The number of carbonyl (C=O) groups excluding carboxylic acids is 2. The summed E-state index contributed by atoms with van der Waals surface area (Å²) in [5, 5.41) is 0. The van der Waals surface area contributed by atoms with Gasteiger partial charge in [0.15, 0.2) is 0 Å². The number of piperidine rings is 1. The second-order valence-corrected chi connectivity index (χ2v) is 7.65. The maximum Gasteiger partial charge on any atom is 0.411 e. The number of Topliss-reactive ketones (excluding diaryl/α,β-unsaturated/α-hetero) is 1. The molecule has 0 bridgehead atoms. The second kappa shape index (κ2) is 4.50. The molecule has 0 N–H and O–H groups in total. The molecule has 0 spiro atoms. The highest BCUT2D eigenvalue weighted by Gasteiger charge is 2.52. The molecule has 1 heterocycles. The Kier molecular flexibility index (Phi) is 3.79. The third kappa shape index (κ3) is 3.10. The molecule has 1 unspecified atom stereocenters. The average molecular weight is 269 g/mol. The summed E-state index contributed by atoms with van der Waals surface area (Å²) >= 11 is 0. The monoisotopic (exact) mass is 269 g/mol. The molecule has 1 rings (SSSR count). The number of ketones is 1. The maximum absolute atomic E-state index is 12.5. The van der Waals surface area contributed by atoms with Crippen LogP contribution in [-0.2, 0) is 9.53 Å². The zero-order valence-corrected chi connectivity index (χ0v) is 13.5. The number of rotatable bonds is 0. The summed E-state index contributed by atoms with van der Waals surface area (Å²) in [6.07, 6.45) is 0.0264. The van der Waals surface area contributed by atoms with E-state index < -0.39 is 16.7 Å². The third-order valence-corrected chi connectivity index (χ3v) is 3.91. The first-order valence-electron chi connectivity index (χ1n) is 6.85. The number of carbonyl (C=O) groups is 2. The molecule has 1 saturated heterocycles. The number of amides is 1. The molecule has 1 fully saturated rings. The molecule has 0 aromatic heterocycles. The molecule has 110 valence electrons. The van der Waals surface area contributed by atoms with Gasteiger partial charge < -0.3 is 4.74 Å². The highest BCUT2D eigenvalue weighted by Crippen LogP contribution is 2.40. The van der Waals surface area contributed by atoms with Crippen molar-refractivity contribution in [3.63, 3.8) is 0 Å². The predicted molar refractivity (Wildman–Crippen MR) is 75.0 cm³/mol. The zero-order chi connectivity index (χ0) is 15.2. The van der Waals surface area contributed by atoms with Gasteiger partial charge in [-0.25, -0.2) is 4.79 Å². The average Bonchev–Trinajstić information content (AvgIpc) is 2.09. The van der Waals surface area contributed by atoms with Crippen molar-refractivity contribution in [3.8, 4) is 0 Å². The van der Waals surface area contributed by atoms with Crippen molar-refractivity contribution < 1.29 is 14.3 Å². The first-order valence-corrected chi connectivity index (χ1v) is 6.85. The van der Waals surface area contributed by atoms with Gasteiger partial charge >= 0.3 is 6.09 Å². The van der Waals surface area contributed by atoms with Crippen LogP contribution in [0.5, 0.6) is 0 Å². The molecule has 19 heavy (non-hydrogen) atoms. The van der Waals surface area contributed by atoms with Crippen molar-refractivity contribution in [1.29, 1.82) is 0 Å². The van der Waals surface area contributed by atoms with Gasteiger partial charge in [-0.1, -0.05) is 6.92 Å². The normalized spacial score (nSPS) is 26.2. The van der Waals surface area contributed by atoms with E-state index in [1.54, 1.807) is 4.90 Å². The summed E-state index contributed by atoms with van der Waals surface area (Å²) in [4.78, 5) is 26.3. The highest BCUT2D eigenvalue weighted by molar-refractivity contribution is 5.86. The topological polar surface area (TPSA) is 46.6 Å². The van der Waals surface area contributed by atoms with E-state index in [2.05, 4.69) is 0 Å². The van der Waals surface area contributed by atoms with E-state index in [1.807, 2.05) is 55.4 Å². The molecule has 1 aliphatic rings. The van der Waals surface area contributed by atoms with E-state index in [1.165, 1.54) is 0 Å². The van der Waals surface area contributed by atoms with Crippen LogP contribution in [0.2, 0.25) is 0 Å². The van der Waals surface area contributed by atoms with Crippen LogP contribution in [-0.4, -0.2) is 33.5 Å². The van der Waals surface area contributed by atoms with Crippen molar-refractivity contribution in [3.05, 3.63) is 0 Å². The van der Waals surface area contributed by atoms with E-state index in [4.69, 9.17) is 4.74 Å². The first kappa shape index (κ1) is 16.0. The molecule has 4 nitrogen and oxygen atoms in total. The fourth-order valence-corrected chi connectivity index (χ4v) is 2.82. The zero-order valence-electron chi connectivity index (χ0n) is 13.5. The quantitative estimate of drug-likeness (QED) is 0.677. The molecule has 0 aromatic carbocycles. The number of hydrogen-bond donors (Lipinski definition) is 0. The lowest BCUT2D eigenvalue weighted by atomic mass is 9.72. The van der Waals surface area contributed by atoms with Gasteiger partial charge in [-0.15, -0.1) is 0 Å². The Morgan fingerprint density at radius 1 is 1.26 bits per heavy atom. The van der Waals surface area contributed by atoms with Crippen LogP contribution in [0.15, 0.2) is 0 Å². The van der Waals surface area contributed by atoms with Gasteiger partial charge in [0.1, 0.15) is 11.4 Å². The Bertz CT molecular complexity index is 391. The molecule has 0 radical (unpaired) electrons. The van der Waals surface area contributed by atoms with Gasteiger partial charge in [-0.2, -0.15) is 0 Å². The van der Waals surface area contributed by atoms with Crippen molar-refractivity contribution in [2.45, 2.75) is 78.5 Å². The van der Waals surface area contributed by atoms with Crippen molar-refractivity contribution in [1.82, 2.24) is 4.90 Å². The van der Waals surface area contributed by atoms with Crippen LogP contribution >= 0.6 is 0 Å². The lowest BCUT2D eigenvalue weighted by molar-refractivity contribution is -0.140. The number of likely N-dealkylation sites (tertiary alicyclic amines) is 1. The smallest absolute Gasteiger partial charge is 0.411 e. The minimum atomic E-state index is -0.541. The van der Waals surface area contributed by atoms with Crippen LogP contribution in [0.4, 0.5) is 4.79 Å². The Morgan fingerprint density at radius 2 is 1.74 bits per heavy atom. The lowest BCUT2D eigenvalue weighted by Gasteiger charge is -2.54. The Morgan fingerprint density at radius 3 is 2.16 bits per heavy atom. The van der Waals surface area contributed by atoms with Gasteiger partial charge in [0, 0.05) is 17.9 Å². The molecule has 0 aromatic rings. The SMILES string of the molecule is CC1C(=O)CC(C)(C)N(C(=O)OC(C)(C)C)C1(C)C. The first-order chi connectivity index (χ1) is 8.29. The largest absolute Gasteiger partial charge is 0.444 e. The molecular formula is C15H27NO3. The molecule has 0 saturated carbocycles. The van der Waals surface area contributed by atoms with Crippen LogP contribution < -0.4 is 0 Å². The van der Waals surface area contributed by atoms with E-state index in [-0.39, 0.29) is 17.8 Å². The van der Waals surface area contributed by atoms with Gasteiger partial charge in [0.25, 0.3) is 0 Å². The minimum Gasteiger partial charge on any atom is -0.444 e. The summed E-state index contributed by atoms with van der Waals surface area (Å²) in [7, 11) is 0. The molecular weight excluding hydrogens is 242 g/mol. The number of ether oxygens (including phenoxy) is 1. The van der Waals surface area contributed by atoms with Crippen molar-refractivity contribution in [2.24, 2.45) is 5.92 Å². The number of nitrogens with zero attached hydrogens (tertiary/aromatic N) is 1. The Hall–Kier alpha value is -1.06. The standard InChI is InChI=1S/C15H27NO3/c1-10-11(17)9-14(5,6)16(15(10,7)8)12(18)19-13(2,3)4/h10H,9H2,1-8H3. The van der Waals surface area contributed by atoms with Crippen molar-refractivity contribution in [2.75, 3.05) is 0 Å². The fraction of sp³-hybridized carbons (Fsp3) is 0.867. The van der Waals surface area contributed by atoms with Crippen molar-refractivity contribution >= 4 is 11.9 Å². The van der Waals surface area contributed by atoms with E-state index >= 15 is 0 Å². The molecule has 0 aliphatic carbocycles. The molecule has 4 heteroatoms. The predicted octanol–water partition coefficient (Wildman–Crippen LogP) is 3.39. The van der Waals surface area contributed by atoms with Crippen LogP contribution in [0.1, 0.15) is 61.8 Å². The summed E-state index contributed by atoms with van der Waals surface area (Å²) in [5.41, 5.74) is -1.59. The molecule has 1 amide bonds. The Labute approximate surface area is 116 Å². The van der Waals surface area contributed by atoms with Gasteiger partial charge in [0.2, 0.25) is 0 Å². The summed E-state index contributed by atoms with van der Waals surface area (Å²) < 4.78 is 5.51. The molecule has 1 atom stereocenters. The van der Waals surface area contributed by atoms with Gasteiger partial charge in [-0.3, -0.25) is 9.69 Å². The van der Waals surface area contributed by atoms with Gasteiger partial charge in [-0.05, 0) is 48.5 Å². The summed E-state index contributed by atoms with van der Waals surface area (Å²) in [6, 6.07) is 0. The van der Waals surface area contributed by atoms with E-state index in [0.29, 0.717) is 6.42 Å². The number of hydrogen-bond acceptors (Lipinski definition) is 3. The van der Waals surface area contributed by atoms with E-state index in [0.717, 1.165) is 0 Å². The highest BCUT2D eigenvalue weighted by atomic mass is 16.6. The van der Waals surface area contributed by atoms with Crippen LogP contribution in [0.25, 0.3) is 0 Å².